The van der Waals surface area contributed by atoms with E-state index in [-0.39, 0.29) is 5.92 Å². The van der Waals surface area contributed by atoms with Crippen LogP contribution in [0.25, 0.3) is 10.2 Å². The Morgan fingerprint density at radius 2 is 2.27 bits per heavy atom. The van der Waals surface area contributed by atoms with Gasteiger partial charge in [0.25, 0.3) is 0 Å². The van der Waals surface area contributed by atoms with Gasteiger partial charge in [0, 0.05) is 30.6 Å². The maximum atomic E-state index is 9.97. The van der Waals surface area contributed by atoms with Crippen LogP contribution in [0, 0.1) is 22.7 Å². The fourth-order valence-electron chi connectivity index (χ4n) is 3.60. The van der Waals surface area contributed by atoms with Crippen molar-refractivity contribution in [1.82, 2.24) is 15.1 Å². The van der Waals surface area contributed by atoms with Crippen LogP contribution in [0.1, 0.15) is 17.2 Å². The topological polar surface area (TPSA) is 98.0 Å². The Labute approximate surface area is 154 Å². The van der Waals surface area contributed by atoms with Gasteiger partial charge in [-0.25, -0.2) is 0 Å². The van der Waals surface area contributed by atoms with Crippen LogP contribution < -0.4 is 0 Å². The average molecular weight is 367 g/mol. The number of methoxy groups -OCH3 is 1. The lowest BCUT2D eigenvalue weighted by molar-refractivity contribution is 0.0793. The maximum Gasteiger partial charge on any atom is 0.0977 e. The van der Waals surface area contributed by atoms with E-state index < -0.39 is 0 Å². The van der Waals surface area contributed by atoms with Gasteiger partial charge in [-0.05, 0) is 6.07 Å². The number of nitrogens with zero attached hydrogens (tertiary/aromatic N) is 4. The van der Waals surface area contributed by atoms with Crippen molar-refractivity contribution in [3.05, 3.63) is 39.7 Å². The number of hydrogen-bond acceptors (Lipinski definition) is 7. The fourth-order valence-corrected chi connectivity index (χ4v) is 4.71. The monoisotopic (exact) mass is 367 g/mol. The molecule has 0 aliphatic carbocycles. The predicted molar refractivity (Wildman–Crippen MR) is 96.0 cm³/mol. The van der Waals surface area contributed by atoms with E-state index in [0.717, 1.165) is 26.5 Å². The Bertz CT molecular complexity index is 959. The Balaban J connectivity index is 1.89. The van der Waals surface area contributed by atoms with E-state index in [2.05, 4.69) is 27.2 Å². The first-order valence-electron chi connectivity index (χ1n) is 8.31. The number of allylic oxidation sites excluding steroid dienone is 2. The number of nitriles is 2. The highest BCUT2D eigenvalue weighted by molar-refractivity contribution is 7.19. The summed E-state index contributed by atoms with van der Waals surface area (Å²) in [6.45, 7) is 2.14. The fraction of sp³-hybridized carbons (Fsp3) is 0.389. The normalized spacial score (nSPS) is 20.3. The molecule has 2 aromatic rings. The number of nitrogens with one attached hydrogen (secondary N) is 1. The van der Waals surface area contributed by atoms with Crippen molar-refractivity contribution in [2.24, 2.45) is 0 Å². The summed E-state index contributed by atoms with van der Waals surface area (Å²) >= 11 is 1.56. The van der Waals surface area contributed by atoms with Crippen molar-refractivity contribution in [2.75, 3.05) is 33.5 Å². The summed E-state index contributed by atoms with van der Waals surface area (Å²) < 4.78 is 11.9. The van der Waals surface area contributed by atoms with Gasteiger partial charge in [-0.2, -0.15) is 15.6 Å². The third kappa shape index (κ3) is 2.60. The summed E-state index contributed by atoms with van der Waals surface area (Å²) in [5.41, 5.74) is 3.95. The molecule has 2 aromatic heterocycles. The first-order chi connectivity index (χ1) is 12.8. The molecular weight excluding hydrogens is 350 g/mol. The van der Waals surface area contributed by atoms with Gasteiger partial charge in [-0.15, -0.1) is 11.3 Å². The minimum atomic E-state index is -0.365. The molecule has 0 aromatic carbocycles. The number of morpholine rings is 1. The van der Waals surface area contributed by atoms with Gasteiger partial charge in [-0.3, -0.25) is 5.10 Å². The molecule has 4 heterocycles. The van der Waals surface area contributed by atoms with Crippen LogP contribution in [0.4, 0.5) is 0 Å². The summed E-state index contributed by atoms with van der Waals surface area (Å²) in [5, 5.41) is 26.9. The molecule has 1 fully saturated rings. The van der Waals surface area contributed by atoms with Gasteiger partial charge in [0.05, 0.1) is 71.1 Å². The highest BCUT2D eigenvalue weighted by Crippen LogP contribution is 2.45. The molecule has 1 N–H and O–H groups in total. The van der Waals surface area contributed by atoms with Crippen molar-refractivity contribution in [3.8, 4) is 12.1 Å². The number of fused-ring (bicyclic) bond motifs is 2. The zero-order chi connectivity index (χ0) is 18.1. The van der Waals surface area contributed by atoms with Gasteiger partial charge in [0.1, 0.15) is 0 Å². The number of aromatic amines is 1. The number of rotatable bonds is 4. The van der Waals surface area contributed by atoms with Crippen LogP contribution in [-0.2, 0) is 9.47 Å². The van der Waals surface area contributed by atoms with Crippen LogP contribution in [0.5, 0.6) is 0 Å². The zero-order valence-electron chi connectivity index (χ0n) is 14.3. The van der Waals surface area contributed by atoms with Crippen LogP contribution in [0.2, 0.25) is 0 Å². The lowest BCUT2D eigenvalue weighted by Gasteiger charge is -2.40. The highest BCUT2D eigenvalue weighted by Gasteiger charge is 2.38. The molecule has 1 saturated heterocycles. The quantitative estimate of drug-likeness (QED) is 0.892. The second-order valence-corrected chi connectivity index (χ2v) is 7.24. The molecule has 132 valence electrons. The molecule has 1 unspecified atom stereocenters. The molecule has 0 saturated carbocycles. The number of aromatic nitrogens is 2. The summed E-state index contributed by atoms with van der Waals surface area (Å²) in [6.07, 6.45) is 2.39. The minimum Gasteiger partial charge on any atom is -0.384 e. The van der Waals surface area contributed by atoms with Crippen molar-refractivity contribution >= 4 is 21.6 Å². The third-order valence-electron chi connectivity index (χ3n) is 4.76. The molecular formula is C18H17N5O2S. The lowest BCUT2D eigenvalue weighted by Crippen LogP contribution is -2.39. The van der Waals surface area contributed by atoms with E-state index in [1.165, 1.54) is 0 Å². The molecule has 26 heavy (non-hydrogen) atoms. The van der Waals surface area contributed by atoms with E-state index >= 15 is 0 Å². The molecule has 8 heteroatoms. The average Bonchev–Trinajstić information content (AvgIpc) is 3.26. The Kier molecular flexibility index (Phi) is 4.48. The number of ether oxygens (including phenoxy) is 2. The van der Waals surface area contributed by atoms with Crippen molar-refractivity contribution in [3.63, 3.8) is 0 Å². The van der Waals surface area contributed by atoms with Crippen LogP contribution in [0.3, 0.4) is 0 Å². The van der Waals surface area contributed by atoms with Gasteiger partial charge in [0.2, 0.25) is 0 Å². The Morgan fingerprint density at radius 1 is 1.42 bits per heavy atom. The van der Waals surface area contributed by atoms with Crippen LogP contribution in [-0.4, -0.2) is 48.6 Å². The second-order valence-electron chi connectivity index (χ2n) is 6.12. The predicted octanol–water partition coefficient (Wildman–Crippen LogP) is 2.65. The zero-order valence-corrected chi connectivity index (χ0v) is 15.1. The molecule has 7 nitrogen and oxygen atoms in total. The van der Waals surface area contributed by atoms with Gasteiger partial charge in [0.15, 0.2) is 0 Å². The molecule has 4 rings (SSSR count). The SMILES string of the molecule is COCCC1=C(C#N)C(c2cc3[nH]ncc3s2)C(C#N)=C2COCCN12. The molecule has 2 aliphatic rings. The number of hydrogen-bond donors (Lipinski definition) is 1. The Morgan fingerprint density at radius 3 is 3.00 bits per heavy atom. The first kappa shape index (κ1) is 16.8. The van der Waals surface area contributed by atoms with Crippen molar-refractivity contribution < 1.29 is 9.47 Å². The molecule has 0 bridgehead atoms. The van der Waals surface area contributed by atoms with Crippen molar-refractivity contribution in [2.45, 2.75) is 12.3 Å². The summed E-state index contributed by atoms with van der Waals surface area (Å²) in [7, 11) is 1.65. The maximum absolute atomic E-state index is 9.97. The second kappa shape index (κ2) is 6.93. The summed E-state index contributed by atoms with van der Waals surface area (Å²) in [4.78, 5) is 3.05. The van der Waals surface area contributed by atoms with E-state index in [4.69, 9.17) is 9.47 Å². The van der Waals surface area contributed by atoms with Crippen LogP contribution >= 0.6 is 11.3 Å². The van der Waals surface area contributed by atoms with Crippen molar-refractivity contribution in [1.29, 1.82) is 10.5 Å². The highest BCUT2D eigenvalue weighted by atomic mass is 32.1. The van der Waals surface area contributed by atoms with Gasteiger partial charge < -0.3 is 14.4 Å². The van der Waals surface area contributed by atoms with E-state index in [1.54, 1.807) is 24.6 Å². The first-order valence-corrected chi connectivity index (χ1v) is 9.13. The van der Waals surface area contributed by atoms with Crippen LogP contribution in [0.15, 0.2) is 34.8 Å². The summed E-state index contributed by atoms with van der Waals surface area (Å²) in [6, 6.07) is 6.72. The number of H-pyrrole nitrogens is 1. The lowest BCUT2D eigenvalue weighted by atomic mass is 9.83. The molecule has 1 atom stereocenters. The Hall–Kier alpha value is -2.65. The summed E-state index contributed by atoms with van der Waals surface area (Å²) in [5.74, 6) is -0.365. The third-order valence-corrected chi connectivity index (χ3v) is 5.90. The smallest absolute Gasteiger partial charge is 0.0977 e. The molecule has 0 amide bonds. The minimum absolute atomic E-state index is 0.365. The molecule has 2 aliphatic heterocycles. The van der Waals surface area contributed by atoms with Gasteiger partial charge in [-0.1, -0.05) is 0 Å². The number of thiophene rings is 1. The molecule has 0 radical (unpaired) electrons. The van der Waals surface area contributed by atoms with Gasteiger partial charge >= 0.3 is 0 Å². The largest absolute Gasteiger partial charge is 0.384 e. The van der Waals surface area contributed by atoms with E-state index in [1.807, 2.05) is 6.07 Å². The van der Waals surface area contributed by atoms with E-state index in [9.17, 15) is 10.5 Å². The standard InChI is InChI=1S/C18H17N5O2S/c1-24-4-2-14-11(7-19)18(16-6-13-17(26-16)9-21-22-13)12(8-20)15-10-25-5-3-23(14)15/h6,9,18H,2-5,10H2,1H3,(H,21,22). The van der Waals surface area contributed by atoms with E-state index in [0.29, 0.717) is 43.9 Å². The molecule has 0 spiro atoms.